The maximum atomic E-state index is 13.3. The number of carboxylic acid groups (broad SMARTS) is 1. The summed E-state index contributed by atoms with van der Waals surface area (Å²) in [5.74, 6) is -0.803. The van der Waals surface area contributed by atoms with Crippen molar-refractivity contribution < 1.29 is 14.3 Å². The minimum absolute atomic E-state index is 0.0861. The lowest BCUT2D eigenvalue weighted by atomic mass is 10.1. The fourth-order valence-corrected chi connectivity index (χ4v) is 1.95. The molecule has 2 N–H and O–H groups in total. The lowest BCUT2D eigenvalue weighted by molar-refractivity contribution is 0.0696. The average Bonchev–Trinajstić information content (AvgIpc) is 2.84. The Hall–Kier alpha value is -2.76. The number of nitrogens with one attached hydrogen (secondary N) is 1. The highest BCUT2D eigenvalue weighted by Crippen LogP contribution is 2.22. The molecule has 0 atom stereocenters. The molecule has 6 heteroatoms. The molecule has 0 aliphatic heterocycles. The summed E-state index contributed by atoms with van der Waals surface area (Å²) in [5, 5.41) is 8.92. The minimum atomic E-state index is -1.05. The van der Waals surface area contributed by atoms with Gasteiger partial charge in [-0.1, -0.05) is 0 Å². The number of fused-ring (bicyclic) bond motifs is 1. The van der Waals surface area contributed by atoms with Crippen LogP contribution in [0.1, 0.15) is 15.9 Å². The van der Waals surface area contributed by atoms with E-state index in [4.69, 9.17) is 5.11 Å². The normalized spacial score (nSPS) is 10.9. The number of benzene rings is 1. The molecular formula is C14H10FN3O2. The molecule has 100 valence electrons. The van der Waals surface area contributed by atoms with Crippen LogP contribution in [0.15, 0.2) is 30.5 Å². The van der Waals surface area contributed by atoms with Gasteiger partial charge >= 0.3 is 5.97 Å². The second kappa shape index (κ2) is 4.41. The van der Waals surface area contributed by atoms with Crippen molar-refractivity contribution in [2.75, 3.05) is 0 Å². The van der Waals surface area contributed by atoms with Gasteiger partial charge in [0.1, 0.15) is 11.6 Å². The van der Waals surface area contributed by atoms with Crippen molar-refractivity contribution in [2.45, 2.75) is 6.92 Å². The van der Waals surface area contributed by atoms with Gasteiger partial charge in [-0.25, -0.2) is 19.2 Å². The van der Waals surface area contributed by atoms with Gasteiger partial charge in [0, 0.05) is 11.8 Å². The van der Waals surface area contributed by atoms with E-state index in [1.54, 1.807) is 19.1 Å². The number of imidazole rings is 1. The largest absolute Gasteiger partial charge is 0.478 e. The number of carbonyl (C=O) groups is 1. The van der Waals surface area contributed by atoms with Crippen molar-refractivity contribution in [2.24, 2.45) is 0 Å². The summed E-state index contributed by atoms with van der Waals surface area (Å²) >= 11 is 0. The number of nitrogens with zero attached hydrogens (tertiary/aromatic N) is 2. The third-order valence-corrected chi connectivity index (χ3v) is 3.02. The molecular weight excluding hydrogens is 261 g/mol. The fourth-order valence-electron chi connectivity index (χ4n) is 1.95. The first-order valence-corrected chi connectivity index (χ1v) is 5.90. The van der Waals surface area contributed by atoms with Crippen LogP contribution in [0.5, 0.6) is 0 Å². The summed E-state index contributed by atoms with van der Waals surface area (Å²) in [6, 6.07) is 6.12. The van der Waals surface area contributed by atoms with Crippen LogP contribution in [0.2, 0.25) is 0 Å². The highest BCUT2D eigenvalue weighted by atomic mass is 19.1. The van der Waals surface area contributed by atoms with E-state index in [1.807, 2.05) is 0 Å². The molecule has 0 unspecified atom stereocenters. The molecule has 0 spiro atoms. The molecule has 2 aromatic heterocycles. The van der Waals surface area contributed by atoms with Crippen molar-refractivity contribution in [3.63, 3.8) is 0 Å². The summed E-state index contributed by atoms with van der Waals surface area (Å²) < 4.78 is 13.3. The molecule has 2 heterocycles. The predicted octanol–water partition coefficient (Wildman–Crippen LogP) is 2.77. The Morgan fingerprint density at radius 3 is 2.85 bits per heavy atom. The summed E-state index contributed by atoms with van der Waals surface area (Å²) in [5.41, 5.74) is 2.28. The van der Waals surface area contributed by atoms with Crippen LogP contribution in [0.25, 0.3) is 22.6 Å². The van der Waals surface area contributed by atoms with Gasteiger partial charge in [0.25, 0.3) is 0 Å². The lowest BCUT2D eigenvalue weighted by Gasteiger charge is -1.99. The molecule has 3 aromatic rings. The first kappa shape index (κ1) is 12.3. The SMILES string of the molecule is Cc1cc(-c2nc3ncc(C(=O)O)cc3[nH]2)ccc1F. The van der Waals surface area contributed by atoms with Crippen molar-refractivity contribution in [3.8, 4) is 11.4 Å². The van der Waals surface area contributed by atoms with Gasteiger partial charge in [-0.05, 0) is 36.8 Å². The first-order chi connectivity index (χ1) is 9.54. The smallest absolute Gasteiger partial charge is 0.337 e. The number of carboxylic acids is 1. The molecule has 0 aliphatic rings. The van der Waals surface area contributed by atoms with Crippen LogP contribution in [0.3, 0.4) is 0 Å². The number of aromatic nitrogens is 3. The van der Waals surface area contributed by atoms with Crippen LogP contribution in [-0.2, 0) is 0 Å². The van der Waals surface area contributed by atoms with Gasteiger partial charge in [-0.3, -0.25) is 0 Å². The second-order valence-corrected chi connectivity index (χ2v) is 4.45. The van der Waals surface area contributed by atoms with Crippen LogP contribution in [0.4, 0.5) is 4.39 Å². The zero-order valence-corrected chi connectivity index (χ0v) is 10.5. The topological polar surface area (TPSA) is 78.9 Å². The Balaban J connectivity index is 2.12. The monoisotopic (exact) mass is 271 g/mol. The number of H-pyrrole nitrogens is 1. The van der Waals surface area contributed by atoms with E-state index in [1.165, 1.54) is 18.3 Å². The number of aryl methyl sites for hydroxylation is 1. The molecule has 0 saturated carbocycles. The van der Waals surface area contributed by atoms with Crippen molar-refractivity contribution in [1.29, 1.82) is 0 Å². The quantitative estimate of drug-likeness (QED) is 0.751. The zero-order chi connectivity index (χ0) is 14.3. The molecule has 0 aliphatic carbocycles. The molecule has 0 radical (unpaired) electrons. The Bertz CT molecular complexity index is 826. The highest BCUT2D eigenvalue weighted by molar-refractivity contribution is 5.91. The first-order valence-electron chi connectivity index (χ1n) is 5.90. The van der Waals surface area contributed by atoms with Crippen molar-refractivity contribution in [1.82, 2.24) is 15.0 Å². The van der Waals surface area contributed by atoms with Gasteiger partial charge in [-0.15, -0.1) is 0 Å². The Labute approximate surface area is 113 Å². The molecule has 3 rings (SSSR count). The summed E-state index contributed by atoms with van der Waals surface area (Å²) in [6.07, 6.45) is 1.26. The number of aromatic carboxylic acids is 1. The molecule has 20 heavy (non-hydrogen) atoms. The standard InChI is InChI=1S/C14H10FN3O2/c1-7-4-8(2-3-10(7)15)12-17-11-5-9(14(19)20)6-16-13(11)18-12/h2-6H,1H3,(H,19,20)(H,16,17,18). The molecule has 0 fully saturated rings. The molecule has 0 bridgehead atoms. The molecule has 1 aromatic carbocycles. The van der Waals surface area contributed by atoms with Crippen molar-refractivity contribution >= 4 is 17.1 Å². The third kappa shape index (κ3) is 2.01. The van der Waals surface area contributed by atoms with E-state index in [9.17, 15) is 9.18 Å². The Morgan fingerprint density at radius 1 is 1.35 bits per heavy atom. The number of hydrogen-bond donors (Lipinski definition) is 2. The maximum absolute atomic E-state index is 13.3. The molecule has 0 saturated heterocycles. The molecule has 5 nitrogen and oxygen atoms in total. The second-order valence-electron chi connectivity index (χ2n) is 4.45. The number of aromatic amines is 1. The van der Waals surface area contributed by atoms with Gasteiger partial charge in [0.2, 0.25) is 0 Å². The predicted molar refractivity (Wildman–Crippen MR) is 71.0 cm³/mol. The number of halogens is 1. The van der Waals surface area contributed by atoms with Gasteiger partial charge in [-0.2, -0.15) is 0 Å². The fraction of sp³-hybridized carbons (Fsp3) is 0.0714. The van der Waals surface area contributed by atoms with Gasteiger partial charge < -0.3 is 10.1 Å². The third-order valence-electron chi connectivity index (χ3n) is 3.02. The Kier molecular flexibility index (Phi) is 2.71. The molecule has 0 amide bonds. The Morgan fingerprint density at radius 2 is 2.15 bits per heavy atom. The summed E-state index contributed by atoms with van der Waals surface area (Å²) in [6.45, 7) is 1.67. The number of pyridine rings is 1. The lowest BCUT2D eigenvalue weighted by Crippen LogP contribution is -1.96. The van der Waals surface area contributed by atoms with Crippen molar-refractivity contribution in [3.05, 3.63) is 47.4 Å². The minimum Gasteiger partial charge on any atom is -0.478 e. The van der Waals surface area contributed by atoms with Crippen LogP contribution in [-0.4, -0.2) is 26.0 Å². The van der Waals surface area contributed by atoms with Crippen LogP contribution in [0, 0.1) is 12.7 Å². The van der Waals surface area contributed by atoms with E-state index in [2.05, 4.69) is 15.0 Å². The van der Waals surface area contributed by atoms with Crippen LogP contribution >= 0.6 is 0 Å². The maximum Gasteiger partial charge on any atom is 0.337 e. The van der Waals surface area contributed by atoms with Gasteiger partial charge in [0.05, 0.1) is 11.1 Å². The van der Waals surface area contributed by atoms with E-state index >= 15 is 0 Å². The number of rotatable bonds is 2. The summed E-state index contributed by atoms with van der Waals surface area (Å²) in [7, 11) is 0. The van der Waals surface area contributed by atoms with E-state index in [0.29, 0.717) is 22.6 Å². The zero-order valence-electron chi connectivity index (χ0n) is 10.5. The van der Waals surface area contributed by atoms with E-state index < -0.39 is 5.97 Å². The highest BCUT2D eigenvalue weighted by Gasteiger charge is 2.10. The van der Waals surface area contributed by atoms with E-state index in [0.717, 1.165) is 5.56 Å². The van der Waals surface area contributed by atoms with E-state index in [-0.39, 0.29) is 11.4 Å². The summed E-state index contributed by atoms with van der Waals surface area (Å²) in [4.78, 5) is 22.1. The van der Waals surface area contributed by atoms with Gasteiger partial charge in [0.15, 0.2) is 5.65 Å². The average molecular weight is 271 g/mol. The van der Waals surface area contributed by atoms with Crippen LogP contribution < -0.4 is 0 Å². The number of hydrogen-bond acceptors (Lipinski definition) is 3.